The van der Waals surface area contributed by atoms with Gasteiger partial charge in [0.05, 0.1) is 5.71 Å². The minimum Gasteiger partial charge on any atom is -0.382 e. The van der Waals surface area contributed by atoms with E-state index in [0.29, 0.717) is 12.1 Å². The van der Waals surface area contributed by atoms with E-state index < -0.39 is 6.10 Å². The fourth-order valence-electron chi connectivity index (χ4n) is 2.19. The molecule has 2 aromatic carbocycles. The van der Waals surface area contributed by atoms with Gasteiger partial charge in [-0.3, -0.25) is 4.79 Å². The summed E-state index contributed by atoms with van der Waals surface area (Å²) in [6.07, 6.45) is -0.301. The van der Waals surface area contributed by atoms with Gasteiger partial charge in [-0.05, 0) is 36.8 Å². The van der Waals surface area contributed by atoms with Crippen LogP contribution in [-0.2, 0) is 9.63 Å². The Hall–Kier alpha value is -2.69. The summed E-state index contributed by atoms with van der Waals surface area (Å²) in [4.78, 5) is 17.4. The molecule has 112 valence electrons. The average molecular weight is 298 g/mol. The Labute approximate surface area is 127 Å². The highest BCUT2D eigenvalue weighted by atomic mass is 19.1. The number of halogens is 1. The van der Waals surface area contributed by atoms with Crippen molar-refractivity contribution in [3.63, 3.8) is 0 Å². The van der Waals surface area contributed by atoms with Crippen LogP contribution in [0.2, 0.25) is 0 Å². The second-order valence-corrected chi connectivity index (χ2v) is 5.20. The van der Waals surface area contributed by atoms with Crippen molar-refractivity contribution in [3.05, 3.63) is 65.5 Å². The number of benzene rings is 2. The van der Waals surface area contributed by atoms with Crippen LogP contribution in [0.4, 0.5) is 10.1 Å². The van der Waals surface area contributed by atoms with E-state index in [-0.39, 0.29) is 11.7 Å². The van der Waals surface area contributed by atoms with Crippen LogP contribution in [0.5, 0.6) is 0 Å². The molecule has 0 saturated carbocycles. The first-order valence-electron chi connectivity index (χ1n) is 6.98. The fraction of sp³-hybridized carbons (Fsp3) is 0.176. The van der Waals surface area contributed by atoms with E-state index in [9.17, 15) is 9.18 Å². The van der Waals surface area contributed by atoms with Gasteiger partial charge < -0.3 is 10.2 Å². The zero-order chi connectivity index (χ0) is 15.5. The Morgan fingerprint density at radius 1 is 1.18 bits per heavy atom. The van der Waals surface area contributed by atoms with Crippen molar-refractivity contribution < 1.29 is 14.0 Å². The molecule has 0 fully saturated rings. The van der Waals surface area contributed by atoms with Crippen LogP contribution in [0.15, 0.2) is 53.7 Å². The first kappa shape index (κ1) is 14.3. The molecule has 0 radical (unpaired) electrons. The van der Waals surface area contributed by atoms with Crippen molar-refractivity contribution in [2.45, 2.75) is 19.4 Å². The molecule has 1 aliphatic heterocycles. The first-order chi connectivity index (χ1) is 10.6. The van der Waals surface area contributed by atoms with Gasteiger partial charge >= 0.3 is 0 Å². The highest BCUT2D eigenvalue weighted by molar-refractivity contribution is 6.06. The van der Waals surface area contributed by atoms with Gasteiger partial charge in [0.15, 0.2) is 0 Å². The first-order valence-corrected chi connectivity index (χ1v) is 6.98. The monoisotopic (exact) mass is 298 g/mol. The lowest BCUT2D eigenvalue weighted by molar-refractivity contribution is -0.125. The molecule has 0 aromatic heterocycles. The summed E-state index contributed by atoms with van der Waals surface area (Å²) in [5.74, 6) is -0.554. The second-order valence-electron chi connectivity index (χ2n) is 5.20. The predicted octanol–water partition coefficient (Wildman–Crippen LogP) is 3.27. The van der Waals surface area contributed by atoms with Crippen LogP contribution in [0, 0.1) is 12.7 Å². The number of oxime groups is 1. The van der Waals surface area contributed by atoms with Gasteiger partial charge in [-0.1, -0.05) is 35.0 Å². The van der Waals surface area contributed by atoms with E-state index >= 15 is 0 Å². The number of hydrogen-bond donors (Lipinski definition) is 1. The molecule has 1 amide bonds. The number of hydrogen-bond acceptors (Lipinski definition) is 3. The van der Waals surface area contributed by atoms with Crippen LogP contribution in [0.3, 0.4) is 0 Å². The van der Waals surface area contributed by atoms with Crippen molar-refractivity contribution in [2.24, 2.45) is 5.16 Å². The summed E-state index contributed by atoms with van der Waals surface area (Å²) in [5, 5.41) is 6.72. The number of carbonyl (C=O) groups is 1. The van der Waals surface area contributed by atoms with Gasteiger partial charge in [-0.25, -0.2) is 4.39 Å². The quantitative estimate of drug-likeness (QED) is 0.945. The predicted molar refractivity (Wildman–Crippen MR) is 82.2 cm³/mol. The van der Waals surface area contributed by atoms with Gasteiger partial charge in [0, 0.05) is 12.1 Å². The third-order valence-electron chi connectivity index (χ3n) is 3.46. The maximum atomic E-state index is 12.9. The van der Waals surface area contributed by atoms with Crippen LogP contribution in [0.25, 0.3) is 0 Å². The summed E-state index contributed by atoms with van der Waals surface area (Å²) in [6, 6.07) is 13.5. The van der Waals surface area contributed by atoms with Crippen LogP contribution < -0.4 is 5.32 Å². The molecule has 0 aliphatic carbocycles. The lowest BCUT2D eigenvalue weighted by Gasteiger charge is -2.09. The van der Waals surface area contributed by atoms with Gasteiger partial charge in [-0.15, -0.1) is 0 Å². The number of anilines is 1. The van der Waals surface area contributed by atoms with Crippen molar-refractivity contribution in [1.82, 2.24) is 0 Å². The van der Waals surface area contributed by atoms with E-state index in [0.717, 1.165) is 16.8 Å². The molecule has 1 N–H and O–H groups in total. The summed E-state index contributed by atoms with van der Waals surface area (Å²) in [7, 11) is 0. The van der Waals surface area contributed by atoms with Crippen molar-refractivity contribution in [2.75, 3.05) is 5.32 Å². The maximum Gasteiger partial charge on any atom is 0.268 e. The fourth-order valence-corrected chi connectivity index (χ4v) is 2.19. The molecule has 22 heavy (non-hydrogen) atoms. The molecule has 1 aliphatic rings. The van der Waals surface area contributed by atoms with Gasteiger partial charge in [0.1, 0.15) is 5.82 Å². The summed E-state index contributed by atoms with van der Waals surface area (Å²) in [5.41, 5.74) is 3.24. The third kappa shape index (κ3) is 3.14. The third-order valence-corrected chi connectivity index (χ3v) is 3.46. The summed E-state index contributed by atoms with van der Waals surface area (Å²) in [6.45, 7) is 1.98. The summed E-state index contributed by atoms with van der Waals surface area (Å²) >= 11 is 0. The van der Waals surface area contributed by atoms with Crippen LogP contribution in [-0.4, -0.2) is 17.7 Å². The molecule has 5 heteroatoms. The molecule has 3 rings (SSSR count). The van der Waals surface area contributed by atoms with Crippen LogP contribution in [0.1, 0.15) is 17.5 Å². The Bertz CT molecular complexity index is 708. The number of amides is 1. The topological polar surface area (TPSA) is 50.7 Å². The highest BCUT2D eigenvalue weighted by Gasteiger charge is 2.28. The number of carbonyl (C=O) groups excluding carboxylic acids is 1. The Balaban J connectivity index is 1.62. The molecular formula is C17H15FN2O2. The molecule has 0 spiro atoms. The van der Waals surface area contributed by atoms with Gasteiger partial charge in [0.2, 0.25) is 6.10 Å². The van der Waals surface area contributed by atoms with Gasteiger partial charge in [-0.2, -0.15) is 0 Å². The summed E-state index contributed by atoms with van der Waals surface area (Å²) < 4.78 is 12.9. The highest BCUT2D eigenvalue weighted by Crippen LogP contribution is 2.19. The smallest absolute Gasteiger partial charge is 0.268 e. The Morgan fingerprint density at radius 3 is 2.55 bits per heavy atom. The van der Waals surface area contributed by atoms with E-state index in [1.165, 1.54) is 12.1 Å². The number of nitrogens with zero attached hydrogens (tertiary/aromatic N) is 1. The molecular weight excluding hydrogens is 283 g/mol. The minimum atomic E-state index is -0.665. The Morgan fingerprint density at radius 2 is 1.86 bits per heavy atom. The molecule has 0 saturated heterocycles. The minimum absolute atomic E-state index is 0.246. The largest absolute Gasteiger partial charge is 0.382 e. The van der Waals surface area contributed by atoms with Crippen LogP contribution >= 0.6 is 0 Å². The van der Waals surface area contributed by atoms with Gasteiger partial charge in [0.25, 0.3) is 5.91 Å². The molecule has 2 aromatic rings. The van der Waals surface area contributed by atoms with Crippen molar-refractivity contribution >= 4 is 17.3 Å². The van der Waals surface area contributed by atoms with Crippen molar-refractivity contribution in [3.8, 4) is 0 Å². The lowest BCUT2D eigenvalue weighted by atomic mass is 10.0. The molecule has 4 nitrogen and oxygen atoms in total. The van der Waals surface area contributed by atoms with Crippen molar-refractivity contribution in [1.29, 1.82) is 0 Å². The SMILES string of the molecule is Cc1ccc(NC(=O)[C@H]2CC(c3ccc(F)cc3)=NO2)cc1. The number of nitrogens with one attached hydrogen (secondary N) is 1. The lowest BCUT2D eigenvalue weighted by Crippen LogP contribution is -2.28. The van der Waals surface area contributed by atoms with E-state index in [1.807, 2.05) is 31.2 Å². The second kappa shape index (κ2) is 5.97. The zero-order valence-electron chi connectivity index (χ0n) is 12.0. The average Bonchev–Trinajstić information content (AvgIpc) is 3.00. The molecule has 1 atom stereocenters. The Kier molecular flexibility index (Phi) is 3.87. The van der Waals surface area contributed by atoms with E-state index in [1.54, 1.807) is 12.1 Å². The molecule has 0 bridgehead atoms. The molecule has 1 heterocycles. The molecule has 0 unspecified atom stereocenters. The van der Waals surface area contributed by atoms with E-state index in [4.69, 9.17) is 4.84 Å². The number of rotatable bonds is 3. The van der Waals surface area contributed by atoms with E-state index in [2.05, 4.69) is 10.5 Å². The zero-order valence-corrected chi connectivity index (χ0v) is 12.0. The maximum absolute atomic E-state index is 12.9. The number of aryl methyl sites for hydroxylation is 1. The standard InChI is InChI=1S/C17H15FN2O2/c1-11-2-8-14(9-3-11)19-17(21)16-10-15(20-22-16)12-4-6-13(18)7-5-12/h2-9,16H,10H2,1H3,(H,19,21)/t16-/m1/s1. The normalized spacial score (nSPS) is 16.8.